The number of benzene rings is 2. The van der Waals surface area contributed by atoms with Crippen LogP contribution in [0, 0.1) is 11.3 Å². The fraction of sp³-hybridized carbons (Fsp3) is 0.417. The van der Waals surface area contributed by atoms with E-state index in [1.54, 1.807) is 36.4 Å². The first-order chi connectivity index (χ1) is 16.5. The Bertz CT molecular complexity index is 1270. The van der Waals surface area contributed by atoms with Gasteiger partial charge in [-0.1, -0.05) is 71.2 Å². The lowest BCUT2D eigenvalue weighted by atomic mass is 9.95. The van der Waals surface area contributed by atoms with Gasteiger partial charge in [0.2, 0.25) is 15.6 Å². The number of alkyl halides is 5. The fourth-order valence-electron chi connectivity index (χ4n) is 4.21. The van der Waals surface area contributed by atoms with Crippen LogP contribution in [0.15, 0.2) is 53.4 Å². The van der Waals surface area contributed by atoms with Crippen molar-refractivity contribution in [3.63, 3.8) is 0 Å². The zero-order valence-corrected chi connectivity index (χ0v) is 22.5. The van der Waals surface area contributed by atoms with Crippen molar-refractivity contribution in [2.24, 2.45) is 5.73 Å². The van der Waals surface area contributed by atoms with Gasteiger partial charge in [0.25, 0.3) is 0 Å². The summed E-state index contributed by atoms with van der Waals surface area (Å²) in [6.45, 7) is 0.654. The zero-order valence-electron chi connectivity index (χ0n) is 19.4. The second-order valence-electron chi connectivity index (χ2n) is 9.11. The van der Waals surface area contributed by atoms with E-state index in [0.717, 1.165) is 6.26 Å². The van der Waals surface area contributed by atoms with Crippen molar-refractivity contribution in [2.75, 3.05) is 6.26 Å². The van der Waals surface area contributed by atoms with Gasteiger partial charge in [0.15, 0.2) is 9.84 Å². The lowest BCUT2D eigenvalue weighted by molar-refractivity contribution is -0.130. The summed E-state index contributed by atoms with van der Waals surface area (Å²) in [7, 11) is -3.35. The monoisotopic (exact) mass is 577 g/mol. The van der Waals surface area contributed by atoms with Crippen molar-refractivity contribution in [1.82, 2.24) is 4.90 Å². The SMILES string of the molecule is CC(F)(F)C[C@@H](C(N)=O)N([C@@H](c1ccc(-c2ccc(S(C)(=O)=O)cc2)cc1)C(Cl)(Cl)Cl)C1(C#N)CC1. The second-order valence-corrected chi connectivity index (χ2v) is 13.5. The van der Waals surface area contributed by atoms with Crippen LogP contribution in [0.5, 0.6) is 0 Å². The number of halogens is 5. The summed E-state index contributed by atoms with van der Waals surface area (Å²) in [6.07, 6.45) is 0.754. The summed E-state index contributed by atoms with van der Waals surface area (Å²) < 4.78 is 49.4. The molecule has 0 radical (unpaired) electrons. The van der Waals surface area contributed by atoms with Crippen LogP contribution in [0.1, 0.15) is 37.8 Å². The van der Waals surface area contributed by atoms with E-state index in [9.17, 15) is 27.3 Å². The van der Waals surface area contributed by atoms with Crippen LogP contribution in [0.2, 0.25) is 0 Å². The van der Waals surface area contributed by atoms with Crippen LogP contribution in [-0.2, 0) is 14.6 Å². The molecule has 1 fully saturated rings. The summed E-state index contributed by atoms with van der Waals surface area (Å²) >= 11 is 19.0. The molecule has 12 heteroatoms. The van der Waals surface area contributed by atoms with Crippen molar-refractivity contribution in [2.45, 2.75) is 58.4 Å². The molecule has 2 atom stereocenters. The smallest absolute Gasteiger partial charge is 0.247 e. The highest BCUT2D eigenvalue weighted by Gasteiger charge is 2.59. The lowest BCUT2D eigenvalue weighted by Crippen LogP contribution is -2.56. The van der Waals surface area contributed by atoms with Gasteiger partial charge in [0.05, 0.1) is 23.0 Å². The van der Waals surface area contributed by atoms with Gasteiger partial charge in [-0.25, -0.2) is 17.2 Å². The van der Waals surface area contributed by atoms with Gasteiger partial charge in [-0.2, -0.15) is 5.26 Å². The molecule has 2 aromatic rings. The van der Waals surface area contributed by atoms with Gasteiger partial charge in [-0.05, 0) is 48.6 Å². The predicted octanol–water partition coefficient (Wildman–Crippen LogP) is 5.43. The number of nitrogens with two attached hydrogens (primary N) is 1. The van der Waals surface area contributed by atoms with Crippen molar-refractivity contribution in [3.05, 3.63) is 54.1 Å². The Hall–Kier alpha value is -1.96. The lowest BCUT2D eigenvalue weighted by Gasteiger charge is -2.43. The summed E-state index contributed by atoms with van der Waals surface area (Å²) in [5.41, 5.74) is 6.04. The molecule has 1 aliphatic carbocycles. The molecule has 1 aliphatic rings. The average molecular weight is 579 g/mol. The zero-order chi connectivity index (χ0) is 27.1. The van der Waals surface area contributed by atoms with Crippen LogP contribution >= 0.6 is 34.8 Å². The maximum absolute atomic E-state index is 14.1. The third kappa shape index (κ3) is 6.48. The van der Waals surface area contributed by atoms with Gasteiger partial charge in [0, 0.05) is 12.7 Å². The van der Waals surface area contributed by atoms with Crippen LogP contribution in [0.4, 0.5) is 8.78 Å². The number of carbonyl (C=O) groups is 1. The largest absolute Gasteiger partial charge is 0.368 e. The number of carbonyl (C=O) groups excluding carboxylic acids is 1. The van der Waals surface area contributed by atoms with Crippen molar-refractivity contribution in [1.29, 1.82) is 5.26 Å². The van der Waals surface area contributed by atoms with Crippen LogP contribution in [-0.4, -0.2) is 46.8 Å². The van der Waals surface area contributed by atoms with Crippen LogP contribution in [0.25, 0.3) is 11.1 Å². The Morgan fingerprint density at radius 1 is 1.11 bits per heavy atom. The molecule has 0 heterocycles. The highest BCUT2D eigenvalue weighted by molar-refractivity contribution is 7.90. The number of nitriles is 1. The van der Waals surface area contributed by atoms with Crippen molar-refractivity contribution < 1.29 is 22.0 Å². The molecular weight excluding hydrogens is 555 g/mol. The highest BCUT2D eigenvalue weighted by atomic mass is 35.6. The van der Waals surface area contributed by atoms with E-state index in [0.29, 0.717) is 36.5 Å². The predicted molar refractivity (Wildman–Crippen MR) is 136 cm³/mol. The van der Waals surface area contributed by atoms with Gasteiger partial charge in [0.1, 0.15) is 5.54 Å². The summed E-state index contributed by atoms with van der Waals surface area (Å²) in [5.74, 6) is -4.33. The minimum absolute atomic E-state index is 0.172. The Balaban J connectivity index is 2.07. The molecule has 0 aromatic heterocycles. The third-order valence-corrected chi connectivity index (χ3v) is 7.82. The normalized spacial score (nSPS) is 17.3. The molecule has 2 aromatic carbocycles. The quantitative estimate of drug-likeness (QED) is 0.400. The summed E-state index contributed by atoms with van der Waals surface area (Å²) in [6, 6.07) is 12.1. The van der Waals surface area contributed by atoms with E-state index in [1.807, 2.05) is 0 Å². The molecule has 1 saturated carbocycles. The first-order valence-electron chi connectivity index (χ1n) is 10.8. The molecule has 0 unspecified atom stereocenters. The highest BCUT2D eigenvalue weighted by Crippen LogP contribution is 2.54. The van der Waals surface area contributed by atoms with Gasteiger partial charge in [-0.15, -0.1) is 0 Å². The molecule has 0 bridgehead atoms. The molecule has 1 amide bonds. The first-order valence-corrected chi connectivity index (χ1v) is 13.9. The number of amides is 1. The minimum Gasteiger partial charge on any atom is -0.368 e. The first kappa shape index (κ1) is 28.6. The Morgan fingerprint density at radius 2 is 1.58 bits per heavy atom. The molecule has 0 aliphatic heterocycles. The van der Waals surface area contributed by atoms with Gasteiger partial charge in [-0.3, -0.25) is 9.69 Å². The van der Waals surface area contributed by atoms with E-state index in [1.165, 1.54) is 17.0 Å². The van der Waals surface area contributed by atoms with Crippen LogP contribution in [0.3, 0.4) is 0 Å². The molecule has 0 spiro atoms. The number of hydrogen-bond acceptors (Lipinski definition) is 5. The molecular formula is C24H24Cl3F2N3O3S. The number of primary amides is 1. The molecule has 194 valence electrons. The van der Waals surface area contributed by atoms with Crippen LogP contribution < -0.4 is 5.73 Å². The maximum atomic E-state index is 14.1. The van der Waals surface area contributed by atoms with Gasteiger partial charge >= 0.3 is 0 Å². The van der Waals surface area contributed by atoms with Crippen molar-refractivity contribution in [3.8, 4) is 17.2 Å². The molecule has 2 N–H and O–H groups in total. The molecule has 0 saturated heterocycles. The third-order valence-electron chi connectivity index (χ3n) is 6.07. The Morgan fingerprint density at radius 3 is 1.92 bits per heavy atom. The second kappa shape index (κ2) is 10.1. The van der Waals surface area contributed by atoms with E-state index >= 15 is 0 Å². The van der Waals surface area contributed by atoms with E-state index < -0.39 is 49.5 Å². The van der Waals surface area contributed by atoms with E-state index in [4.69, 9.17) is 40.5 Å². The van der Waals surface area contributed by atoms with Gasteiger partial charge < -0.3 is 5.73 Å². The molecule has 3 rings (SSSR count). The minimum atomic E-state index is -3.35. The fourth-order valence-corrected chi connectivity index (χ4v) is 5.53. The standard InChI is InChI=1S/C24H24Cl3F2N3O3S/c1-22(28,29)13-19(21(31)33)32(23(14-30)11-12-23)20(24(25,26)27)17-5-3-15(4-6-17)16-7-9-18(10-8-16)36(2,34)35/h3-10,19-20H,11-13H2,1-2H3,(H2,31,33)/t19-,20-/m0/s1. The molecule has 6 nitrogen and oxygen atoms in total. The number of rotatable bonds is 9. The van der Waals surface area contributed by atoms with Crippen molar-refractivity contribution >= 4 is 50.5 Å². The number of sulfone groups is 1. The Labute approximate surface area is 223 Å². The summed E-state index contributed by atoms with van der Waals surface area (Å²) in [4.78, 5) is 13.8. The summed E-state index contributed by atoms with van der Waals surface area (Å²) in [5, 5.41) is 9.89. The number of hydrogen-bond donors (Lipinski definition) is 1. The molecule has 36 heavy (non-hydrogen) atoms. The van der Waals surface area contributed by atoms with E-state index in [-0.39, 0.29) is 4.90 Å². The topological polar surface area (TPSA) is 104 Å². The number of nitrogens with zero attached hydrogens (tertiary/aromatic N) is 2. The Kier molecular flexibility index (Phi) is 8.00. The van der Waals surface area contributed by atoms with E-state index in [2.05, 4.69) is 6.07 Å². The average Bonchev–Trinajstić information content (AvgIpc) is 3.55. The maximum Gasteiger partial charge on any atom is 0.247 e.